The van der Waals surface area contributed by atoms with Crippen LogP contribution in [0.5, 0.6) is 0 Å². The normalized spacial score (nSPS) is 13.4. The van der Waals surface area contributed by atoms with Gasteiger partial charge in [0.25, 0.3) is 0 Å². The molecule has 13 aromatic rings. The van der Waals surface area contributed by atoms with E-state index < -0.39 is 29.2 Å². The van der Waals surface area contributed by atoms with Crippen molar-refractivity contribution in [2.45, 2.75) is 5.92 Å². The van der Waals surface area contributed by atoms with E-state index in [4.69, 9.17) is 0 Å². The standard InChI is InChI=1S/C61H35F4N3/c62-48-32-49(63)58(66-52-20-8-3-14-38(52)39-15-4-9-21-53(39)66)31-47(48)61-43-19-2-1-13-37(43)45-29-35(25-27-44(45)61)36-26-28-57-46(30-36)42-18-7-12-24-56(42)68(57)60-34-59(50(64)33-51(60)65)67-54-22-10-5-16-40(54)41-17-6-11-23-55(41)67/h1-34,61H. The van der Waals surface area contributed by atoms with Crippen LogP contribution in [0.25, 0.3) is 105 Å². The van der Waals surface area contributed by atoms with Crippen LogP contribution in [0.4, 0.5) is 17.6 Å². The second kappa shape index (κ2) is 14.4. The molecule has 0 saturated heterocycles. The minimum Gasteiger partial charge on any atom is -0.306 e. The number of hydrogen-bond acceptors (Lipinski definition) is 0. The van der Waals surface area contributed by atoms with E-state index in [0.717, 1.165) is 111 Å². The molecule has 68 heavy (non-hydrogen) atoms. The molecule has 3 heterocycles. The number of hydrogen-bond donors (Lipinski definition) is 0. The Kier molecular flexibility index (Phi) is 8.17. The molecule has 3 nitrogen and oxygen atoms in total. The molecule has 3 aromatic heterocycles. The summed E-state index contributed by atoms with van der Waals surface area (Å²) in [4.78, 5) is 0. The molecule has 1 aliphatic carbocycles. The molecule has 14 rings (SSSR count). The first-order valence-corrected chi connectivity index (χ1v) is 22.6. The Morgan fingerprint density at radius 1 is 0.265 bits per heavy atom. The number of para-hydroxylation sites is 5. The minimum atomic E-state index is -0.676. The van der Waals surface area contributed by atoms with Crippen LogP contribution in [0.2, 0.25) is 0 Å². The van der Waals surface area contributed by atoms with Crippen molar-refractivity contribution in [1.82, 2.24) is 13.7 Å². The van der Waals surface area contributed by atoms with Crippen LogP contribution in [0.1, 0.15) is 22.6 Å². The number of nitrogens with zero attached hydrogens (tertiary/aromatic N) is 3. The van der Waals surface area contributed by atoms with Crippen LogP contribution in [-0.4, -0.2) is 13.7 Å². The number of halogens is 4. The van der Waals surface area contributed by atoms with E-state index in [1.165, 1.54) is 0 Å². The average Bonchev–Trinajstić information content (AvgIpc) is 4.09. The highest BCUT2D eigenvalue weighted by molar-refractivity contribution is 6.12. The van der Waals surface area contributed by atoms with Gasteiger partial charge in [0.1, 0.15) is 23.3 Å². The molecule has 0 saturated carbocycles. The molecular weight excluding hydrogens is 851 g/mol. The fraction of sp³-hybridized carbons (Fsp3) is 0.0164. The van der Waals surface area contributed by atoms with Gasteiger partial charge in [-0.2, -0.15) is 0 Å². The summed E-state index contributed by atoms with van der Waals surface area (Å²) in [6.07, 6.45) is 0. The third kappa shape index (κ3) is 5.41. The molecule has 0 aliphatic heterocycles. The highest BCUT2D eigenvalue weighted by atomic mass is 19.1. The van der Waals surface area contributed by atoms with Gasteiger partial charge in [-0.25, -0.2) is 17.6 Å². The molecule has 0 amide bonds. The molecule has 322 valence electrons. The molecule has 0 spiro atoms. The highest BCUT2D eigenvalue weighted by Gasteiger charge is 2.33. The van der Waals surface area contributed by atoms with Gasteiger partial charge < -0.3 is 13.7 Å². The van der Waals surface area contributed by atoms with Gasteiger partial charge in [-0.05, 0) is 94.0 Å². The average molecular weight is 886 g/mol. The van der Waals surface area contributed by atoms with Gasteiger partial charge in [0.05, 0.1) is 50.2 Å². The molecular formula is C61H35F4N3. The fourth-order valence-electron chi connectivity index (χ4n) is 11.3. The molecule has 10 aromatic carbocycles. The van der Waals surface area contributed by atoms with Crippen LogP contribution in [0.3, 0.4) is 0 Å². The molecule has 0 radical (unpaired) electrons. The number of aromatic nitrogens is 3. The van der Waals surface area contributed by atoms with Crippen molar-refractivity contribution in [1.29, 1.82) is 0 Å². The quantitative estimate of drug-likeness (QED) is 0.153. The van der Waals surface area contributed by atoms with Gasteiger partial charge in [-0.1, -0.05) is 133 Å². The highest BCUT2D eigenvalue weighted by Crippen LogP contribution is 2.51. The summed E-state index contributed by atoms with van der Waals surface area (Å²) in [5.41, 5.74) is 11.8. The lowest BCUT2D eigenvalue weighted by atomic mass is 9.88. The summed E-state index contributed by atoms with van der Waals surface area (Å²) < 4.78 is 70.9. The predicted octanol–water partition coefficient (Wildman–Crippen LogP) is 16.4. The Hall–Kier alpha value is -8.68. The lowest BCUT2D eigenvalue weighted by Crippen LogP contribution is -2.07. The monoisotopic (exact) mass is 885 g/mol. The molecule has 1 unspecified atom stereocenters. The van der Waals surface area contributed by atoms with Gasteiger partial charge >= 0.3 is 0 Å². The summed E-state index contributed by atoms with van der Waals surface area (Å²) in [5.74, 6) is -3.06. The maximum Gasteiger partial charge on any atom is 0.150 e. The summed E-state index contributed by atoms with van der Waals surface area (Å²) in [7, 11) is 0. The van der Waals surface area contributed by atoms with E-state index in [9.17, 15) is 0 Å². The molecule has 1 atom stereocenters. The Balaban J connectivity index is 0.906. The zero-order valence-electron chi connectivity index (χ0n) is 36.1. The van der Waals surface area contributed by atoms with Crippen LogP contribution in [0.15, 0.2) is 206 Å². The predicted molar refractivity (Wildman–Crippen MR) is 268 cm³/mol. The SMILES string of the molecule is Fc1cc(F)c(-n2c3ccccc3c3ccccc32)cc1C1c2ccccc2-c2cc(-c3ccc4c(c3)c3ccccc3n4-c3cc(-n4c5ccccc5c5ccccc54)c(F)cc3F)ccc21. The third-order valence-corrected chi connectivity index (χ3v) is 14.2. The molecule has 1 aliphatic rings. The Morgan fingerprint density at radius 2 is 0.647 bits per heavy atom. The zero-order chi connectivity index (χ0) is 45.4. The number of fused-ring (bicyclic) bond motifs is 12. The largest absolute Gasteiger partial charge is 0.306 e. The second-order valence-corrected chi connectivity index (χ2v) is 17.7. The van der Waals surface area contributed by atoms with Crippen molar-refractivity contribution in [3.05, 3.63) is 246 Å². The fourth-order valence-corrected chi connectivity index (χ4v) is 11.3. The number of rotatable bonds is 5. The van der Waals surface area contributed by atoms with E-state index in [0.29, 0.717) is 5.56 Å². The van der Waals surface area contributed by atoms with Crippen LogP contribution < -0.4 is 0 Å². The van der Waals surface area contributed by atoms with Crippen LogP contribution in [0, 0.1) is 23.3 Å². The van der Waals surface area contributed by atoms with Gasteiger partial charge in [-0.3, -0.25) is 0 Å². The van der Waals surface area contributed by atoms with Crippen LogP contribution >= 0.6 is 0 Å². The first-order valence-electron chi connectivity index (χ1n) is 22.6. The van der Waals surface area contributed by atoms with Crippen molar-refractivity contribution < 1.29 is 17.6 Å². The maximum atomic E-state index is 16.5. The lowest BCUT2D eigenvalue weighted by molar-refractivity contribution is 0.567. The van der Waals surface area contributed by atoms with Gasteiger partial charge in [0, 0.05) is 55.9 Å². The van der Waals surface area contributed by atoms with Crippen molar-refractivity contribution in [2.24, 2.45) is 0 Å². The minimum absolute atomic E-state index is 0.233. The second-order valence-electron chi connectivity index (χ2n) is 17.7. The van der Waals surface area contributed by atoms with Gasteiger partial charge in [0.2, 0.25) is 0 Å². The van der Waals surface area contributed by atoms with Gasteiger partial charge in [0.15, 0.2) is 0 Å². The molecule has 0 N–H and O–H groups in total. The van der Waals surface area contributed by atoms with E-state index in [2.05, 4.69) is 30.3 Å². The van der Waals surface area contributed by atoms with E-state index in [1.54, 1.807) is 12.1 Å². The van der Waals surface area contributed by atoms with Crippen molar-refractivity contribution >= 4 is 65.4 Å². The molecule has 0 fully saturated rings. The van der Waals surface area contributed by atoms with E-state index >= 15 is 17.6 Å². The lowest BCUT2D eigenvalue weighted by Gasteiger charge is -2.18. The first-order chi connectivity index (χ1) is 33.4. The van der Waals surface area contributed by atoms with Crippen LogP contribution in [-0.2, 0) is 0 Å². The topological polar surface area (TPSA) is 14.8 Å². The maximum absolute atomic E-state index is 16.5. The summed E-state index contributed by atoms with van der Waals surface area (Å²) >= 11 is 0. The summed E-state index contributed by atoms with van der Waals surface area (Å²) in [6.45, 7) is 0. The summed E-state index contributed by atoms with van der Waals surface area (Å²) in [6, 6.07) is 65.3. The van der Waals surface area contributed by atoms with Gasteiger partial charge in [-0.15, -0.1) is 0 Å². The van der Waals surface area contributed by atoms with E-state index in [1.807, 2.05) is 165 Å². The Labute approximate surface area is 386 Å². The first kappa shape index (κ1) is 38.6. The van der Waals surface area contributed by atoms with Crippen molar-refractivity contribution in [2.75, 3.05) is 0 Å². The smallest absolute Gasteiger partial charge is 0.150 e. The number of benzene rings is 10. The Morgan fingerprint density at radius 3 is 1.18 bits per heavy atom. The Bertz CT molecular complexity index is 4180. The molecule has 7 heteroatoms. The third-order valence-electron chi connectivity index (χ3n) is 14.2. The van der Waals surface area contributed by atoms with Crippen molar-refractivity contribution in [3.8, 4) is 39.3 Å². The van der Waals surface area contributed by atoms with E-state index in [-0.39, 0.29) is 17.1 Å². The van der Waals surface area contributed by atoms with Crippen molar-refractivity contribution in [3.63, 3.8) is 0 Å². The zero-order valence-corrected chi connectivity index (χ0v) is 36.1. The summed E-state index contributed by atoms with van der Waals surface area (Å²) in [5, 5.41) is 5.78. The molecule has 0 bridgehead atoms.